The lowest BCUT2D eigenvalue weighted by Gasteiger charge is -2.37. The minimum absolute atomic E-state index is 0.00677. The number of nitrogens with zero attached hydrogens (tertiary/aromatic N) is 2. The maximum absolute atomic E-state index is 13.1. The highest BCUT2D eigenvalue weighted by Gasteiger charge is 2.25. The van der Waals surface area contributed by atoms with Crippen molar-refractivity contribution >= 4 is 29.0 Å². The molecule has 2 aromatic carbocycles. The van der Waals surface area contributed by atoms with Crippen molar-refractivity contribution in [2.24, 2.45) is 5.92 Å². The van der Waals surface area contributed by atoms with Gasteiger partial charge in [0, 0.05) is 22.6 Å². The number of aromatic nitrogens is 1. The van der Waals surface area contributed by atoms with Crippen LogP contribution in [0.4, 0.5) is 0 Å². The minimum atomic E-state index is -0.00677. The van der Waals surface area contributed by atoms with Crippen LogP contribution in [0.25, 0.3) is 0 Å². The van der Waals surface area contributed by atoms with Gasteiger partial charge in [0.2, 0.25) is 0 Å². The fourth-order valence-electron chi connectivity index (χ4n) is 4.00. The summed E-state index contributed by atoms with van der Waals surface area (Å²) in [7, 11) is 0. The second-order valence-electron chi connectivity index (χ2n) is 8.12. The quantitative estimate of drug-likeness (QED) is 0.450. The van der Waals surface area contributed by atoms with E-state index >= 15 is 0 Å². The zero-order valence-electron chi connectivity index (χ0n) is 17.9. The number of piperidine rings is 1. The largest absolute Gasteiger partial charge is 0.350 e. The van der Waals surface area contributed by atoms with Crippen LogP contribution in [-0.2, 0) is 5.75 Å². The average Bonchev–Trinajstić information content (AvgIpc) is 3.33. The fraction of sp³-hybridized carbons (Fsp3) is 0.360. The summed E-state index contributed by atoms with van der Waals surface area (Å²) in [4.78, 5) is 21.0. The van der Waals surface area contributed by atoms with Gasteiger partial charge in [0.1, 0.15) is 0 Å². The van der Waals surface area contributed by atoms with Gasteiger partial charge in [0.15, 0.2) is 0 Å². The Balaban J connectivity index is 1.44. The Morgan fingerprint density at radius 2 is 1.90 bits per heavy atom. The molecule has 1 saturated heterocycles. The first-order valence-electron chi connectivity index (χ1n) is 10.9. The summed E-state index contributed by atoms with van der Waals surface area (Å²) in [5.74, 6) is 1.54. The molecule has 4 rings (SSSR count). The Bertz CT molecular complexity index is 954. The number of amides is 1. The second-order valence-corrected chi connectivity index (χ2v) is 9.86. The summed E-state index contributed by atoms with van der Waals surface area (Å²) in [5, 5.41) is 5.29. The van der Waals surface area contributed by atoms with Gasteiger partial charge in [-0.05, 0) is 49.5 Å². The number of thiazole rings is 1. The third-order valence-corrected chi connectivity index (χ3v) is 7.63. The lowest BCUT2D eigenvalue weighted by molar-refractivity contribution is 0.0910. The maximum atomic E-state index is 13.1. The molecule has 1 amide bonds. The Morgan fingerprint density at radius 1 is 1.16 bits per heavy atom. The molecule has 0 spiro atoms. The molecule has 0 bridgehead atoms. The summed E-state index contributed by atoms with van der Waals surface area (Å²) in [6, 6.07) is 18.6. The first-order chi connectivity index (χ1) is 15.2. The topological polar surface area (TPSA) is 45.2 Å². The van der Waals surface area contributed by atoms with E-state index in [9.17, 15) is 4.79 Å². The zero-order chi connectivity index (χ0) is 21.5. The molecule has 1 fully saturated rings. The highest BCUT2D eigenvalue weighted by atomic mass is 32.2. The monoisotopic (exact) mass is 451 g/mol. The van der Waals surface area contributed by atoms with Crippen molar-refractivity contribution in [1.29, 1.82) is 0 Å². The van der Waals surface area contributed by atoms with Crippen molar-refractivity contribution in [2.45, 2.75) is 36.5 Å². The first kappa shape index (κ1) is 22.1. The molecule has 1 unspecified atom stereocenters. The highest BCUT2D eigenvalue weighted by molar-refractivity contribution is 7.98. The van der Waals surface area contributed by atoms with E-state index in [2.05, 4.69) is 51.8 Å². The van der Waals surface area contributed by atoms with Gasteiger partial charge in [0.25, 0.3) is 5.91 Å². The van der Waals surface area contributed by atoms with Crippen molar-refractivity contribution in [3.05, 3.63) is 82.3 Å². The summed E-state index contributed by atoms with van der Waals surface area (Å²) in [6.45, 7) is 5.10. The van der Waals surface area contributed by atoms with Gasteiger partial charge in [0.05, 0.1) is 22.8 Å². The summed E-state index contributed by atoms with van der Waals surface area (Å²) in [5.41, 5.74) is 4.90. The fourth-order valence-corrected chi connectivity index (χ4v) is 5.61. The van der Waals surface area contributed by atoms with Gasteiger partial charge in [-0.25, -0.2) is 4.98 Å². The van der Waals surface area contributed by atoms with Gasteiger partial charge < -0.3 is 5.32 Å². The van der Waals surface area contributed by atoms with E-state index < -0.39 is 0 Å². The van der Waals surface area contributed by atoms with E-state index in [1.165, 1.54) is 18.4 Å². The molecule has 31 heavy (non-hydrogen) atoms. The highest BCUT2D eigenvalue weighted by Crippen LogP contribution is 2.28. The maximum Gasteiger partial charge on any atom is 0.252 e. The van der Waals surface area contributed by atoms with Crippen LogP contribution < -0.4 is 5.32 Å². The lowest BCUT2D eigenvalue weighted by atomic mass is 9.95. The summed E-state index contributed by atoms with van der Waals surface area (Å²) in [6.07, 6.45) is 2.43. The normalized spacial score (nSPS) is 16.2. The number of hydrogen-bond donors (Lipinski definition) is 1. The Labute approximate surface area is 193 Å². The average molecular weight is 452 g/mol. The Hall–Kier alpha value is -2.15. The molecule has 1 atom stereocenters. The predicted molar refractivity (Wildman–Crippen MR) is 130 cm³/mol. The van der Waals surface area contributed by atoms with E-state index in [1.54, 1.807) is 23.1 Å². The van der Waals surface area contributed by atoms with Gasteiger partial charge in [-0.1, -0.05) is 49.4 Å². The van der Waals surface area contributed by atoms with Crippen molar-refractivity contribution in [1.82, 2.24) is 15.2 Å². The molecule has 1 aromatic heterocycles. The van der Waals surface area contributed by atoms with Crippen LogP contribution in [0.15, 0.2) is 70.4 Å². The van der Waals surface area contributed by atoms with Crippen molar-refractivity contribution in [3.63, 3.8) is 0 Å². The number of likely N-dealkylation sites (tertiary alicyclic amines) is 1. The predicted octanol–water partition coefficient (Wildman–Crippen LogP) is 5.64. The number of carbonyl (C=O) groups excluding carboxylic acids is 1. The molecule has 2 heterocycles. The van der Waals surface area contributed by atoms with E-state index in [-0.39, 0.29) is 11.9 Å². The lowest BCUT2D eigenvalue weighted by Crippen LogP contribution is -2.42. The van der Waals surface area contributed by atoms with E-state index in [0.29, 0.717) is 6.54 Å². The number of thioether (sulfide) groups is 1. The third kappa shape index (κ3) is 5.97. The van der Waals surface area contributed by atoms with Crippen LogP contribution in [0, 0.1) is 5.92 Å². The smallest absolute Gasteiger partial charge is 0.252 e. The minimum Gasteiger partial charge on any atom is -0.350 e. The van der Waals surface area contributed by atoms with Crippen LogP contribution in [0.1, 0.15) is 47.4 Å². The second kappa shape index (κ2) is 10.9. The molecule has 162 valence electrons. The SMILES string of the molecule is CC1CCN(C(CNC(=O)c2ccccc2SCc2cscn2)c2ccccc2)CC1. The number of benzene rings is 2. The molecular weight excluding hydrogens is 422 g/mol. The van der Waals surface area contributed by atoms with Crippen LogP contribution in [-0.4, -0.2) is 35.4 Å². The molecule has 0 radical (unpaired) electrons. The Kier molecular flexibility index (Phi) is 7.78. The molecule has 1 aliphatic heterocycles. The summed E-state index contributed by atoms with van der Waals surface area (Å²) >= 11 is 3.26. The van der Waals surface area contributed by atoms with Crippen LogP contribution in [0.5, 0.6) is 0 Å². The summed E-state index contributed by atoms with van der Waals surface area (Å²) < 4.78 is 0. The van der Waals surface area contributed by atoms with Gasteiger partial charge in [-0.15, -0.1) is 23.1 Å². The molecule has 3 aromatic rings. The van der Waals surface area contributed by atoms with E-state index in [4.69, 9.17) is 0 Å². The molecule has 4 nitrogen and oxygen atoms in total. The molecule has 1 N–H and O–H groups in total. The molecule has 0 aliphatic carbocycles. The molecule has 1 aliphatic rings. The standard InChI is InChI=1S/C25H29N3OS2/c1-19-11-13-28(14-12-19)23(20-7-3-2-4-8-20)15-26-25(29)22-9-5-6-10-24(22)31-17-21-16-30-18-27-21/h2-10,16,18-19,23H,11-15,17H2,1H3,(H,26,29). The zero-order valence-corrected chi connectivity index (χ0v) is 19.5. The van der Waals surface area contributed by atoms with Crippen molar-refractivity contribution < 1.29 is 4.79 Å². The number of rotatable bonds is 8. The van der Waals surface area contributed by atoms with Crippen molar-refractivity contribution in [2.75, 3.05) is 19.6 Å². The van der Waals surface area contributed by atoms with Crippen LogP contribution in [0.2, 0.25) is 0 Å². The molecule has 6 heteroatoms. The molecule has 0 saturated carbocycles. The number of hydrogen-bond acceptors (Lipinski definition) is 5. The van der Waals surface area contributed by atoms with Gasteiger partial charge >= 0.3 is 0 Å². The molecular formula is C25H29N3OS2. The van der Waals surface area contributed by atoms with E-state index in [0.717, 1.165) is 40.9 Å². The van der Waals surface area contributed by atoms with Gasteiger partial charge in [-0.3, -0.25) is 9.69 Å². The van der Waals surface area contributed by atoms with E-state index in [1.807, 2.05) is 35.8 Å². The number of carbonyl (C=O) groups is 1. The number of nitrogens with one attached hydrogen (secondary N) is 1. The van der Waals surface area contributed by atoms with Crippen molar-refractivity contribution in [3.8, 4) is 0 Å². The Morgan fingerprint density at radius 3 is 2.65 bits per heavy atom. The first-order valence-corrected chi connectivity index (χ1v) is 12.8. The van der Waals surface area contributed by atoms with Crippen LogP contribution in [0.3, 0.4) is 0 Å². The third-order valence-electron chi connectivity index (χ3n) is 5.89. The van der Waals surface area contributed by atoms with Crippen LogP contribution >= 0.6 is 23.1 Å². The van der Waals surface area contributed by atoms with Gasteiger partial charge in [-0.2, -0.15) is 0 Å².